The van der Waals surface area contributed by atoms with Crippen LogP contribution in [-0.2, 0) is 11.3 Å². The lowest BCUT2D eigenvalue weighted by Crippen LogP contribution is -1.99. The van der Waals surface area contributed by atoms with E-state index in [1.165, 1.54) is 0 Å². The summed E-state index contributed by atoms with van der Waals surface area (Å²) < 4.78 is 11.1. The molecule has 0 bridgehead atoms. The maximum atomic E-state index is 9.90. The molecular formula is C27H20N2O2. The highest BCUT2D eigenvalue weighted by atomic mass is 16.5. The molecule has 0 unspecified atom stereocenters. The second-order valence-corrected chi connectivity index (χ2v) is 7.07. The van der Waals surface area contributed by atoms with Crippen LogP contribution >= 0.6 is 0 Å². The van der Waals surface area contributed by atoms with E-state index in [-0.39, 0.29) is 0 Å². The van der Waals surface area contributed by atoms with Gasteiger partial charge in [0.25, 0.3) is 0 Å². The van der Waals surface area contributed by atoms with Gasteiger partial charge in [0, 0.05) is 10.9 Å². The maximum absolute atomic E-state index is 9.90. The molecule has 150 valence electrons. The first-order valence-electron chi connectivity index (χ1n) is 9.91. The van der Waals surface area contributed by atoms with Crippen molar-refractivity contribution in [1.82, 2.24) is 0 Å². The normalized spacial score (nSPS) is 10.9. The van der Waals surface area contributed by atoms with Crippen molar-refractivity contribution in [3.8, 4) is 17.9 Å². The molecule has 0 spiro atoms. The Hall–Kier alpha value is -4.12. The Labute approximate surface area is 181 Å². The fraction of sp³-hybridized carbons (Fsp3) is 0.111. The topological polar surface area (TPSA) is 66.0 Å². The van der Waals surface area contributed by atoms with E-state index in [2.05, 4.69) is 12.1 Å². The first-order valence-corrected chi connectivity index (χ1v) is 9.91. The zero-order valence-electron chi connectivity index (χ0n) is 17.1. The number of nitriles is 2. The van der Waals surface area contributed by atoms with Crippen LogP contribution in [0.3, 0.4) is 0 Å². The summed E-state index contributed by atoms with van der Waals surface area (Å²) in [4.78, 5) is 0. The molecule has 0 aliphatic rings. The fourth-order valence-electron chi connectivity index (χ4n) is 3.74. The summed E-state index contributed by atoms with van der Waals surface area (Å²) >= 11 is 0. The van der Waals surface area contributed by atoms with Gasteiger partial charge in [0.2, 0.25) is 0 Å². The molecule has 0 N–H and O–H groups in total. The standard InChI is InChI=1S/C27H20N2O2/c1-30-21-11-8-19(9-12-21)5-4-14-31-18-27-23-7-3-2-6-22(23)25-15-20(16-28)10-13-24(25)26(27)17-29/h2-13,15H,14,18H2,1H3/b5-4+. The van der Waals surface area contributed by atoms with E-state index in [4.69, 9.17) is 9.47 Å². The zero-order valence-corrected chi connectivity index (χ0v) is 17.1. The molecule has 0 aliphatic carbocycles. The summed E-state index contributed by atoms with van der Waals surface area (Å²) in [5.41, 5.74) is 3.10. The van der Waals surface area contributed by atoms with Crippen molar-refractivity contribution in [3.05, 3.63) is 95.1 Å². The Morgan fingerprint density at radius 2 is 1.61 bits per heavy atom. The van der Waals surface area contributed by atoms with Crippen molar-refractivity contribution in [3.63, 3.8) is 0 Å². The van der Waals surface area contributed by atoms with E-state index in [1.807, 2.05) is 72.8 Å². The van der Waals surface area contributed by atoms with E-state index in [0.29, 0.717) is 24.3 Å². The Morgan fingerprint density at radius 3 is 2.32 bits per heavy atom. The predicted octanol–water partition coefficient (Wildman–Crippen LogP) is 5.97. The van der Waals surface area contributed by atoms with Crippen LogP contribution in [0.4, 0.5) is 0 Å². The molecule has 0 fully saturated rings. The summed E-state index contributed by atoms with van der Waals surface area (Å²) in [6.45, 7) is 0.753. The van der Waals surface area contributed by atoms with Crippen molar-refractivity contribution in [2.75, 3.05) is 13.7 Å². The third-order valence-corrected chi connectivity index (χ3v) is 5.26. The third-order valence-electron chi connectivity index (χ3n) is 5.26. The molecule has 0 atom stereocenters. The SMILES string of the molecule is COc1ccc(/C=C/COCc2c(C#N)c3ccc(C#N)cc3c3ccccc23)cc1. The largest absolute Gasteiger partial charge is 0.497 e. The third kappa shape index (κ3) is 4.12. The van der Waals surface area contributed by atoms with Crippen LogP contribution in [0.5, 0.6) is 5.75 Å². The number of rotatable bonds is 6. The smallest absolute Gasteiger partial charge is 0.118 e. The van der Waals surface area contributed by atoms with Gasteiger partial charge in [-0.25, -0.2) is 0 Å². The molecule has 0 aliphatic heterocycles. The van der Waals surface area contributed by atoms with Crippen molar-refractivity contribution in [1.29, 1.82) is 10.5 Å². The van der Waals surface area contributed by atoms with Crippen LogP contribution in [0.1, 0.15) is 22.3 Å². The molecule has 0 radical (unpaired) electrons. The summed E-state index contributed by atoms with van der Waals surface area (Å²) in [6.07, 6.45) is 3.95. The summed E-state index contributed by atoms with van der Waals surface area (Å²) in [6, 6.07) is 25.7. The quantitative estimate of drug-likeness (QED) is 0.293. The van der Waals surface area contributed by atoms with Crippen LogP contribution < -0.4 is 4.74 Å². The van der Waals surface area contributed by atoms with Crippen LogP contribution in [0, 0.1) is 22.7 Å². The summed E-state index contributed by atoms with van der Waals surface area (Å²) in [5, 5.41) is 22.9. The van der Waals surface area contributed by atoms with E-state index >= 15 is 0 Å². The average molecular weight is 404 g/mol. The number of methoxy groups -OCH3 is 1. The number of benzene rings is 4. The number of fused-ring (bicyclic) bond motifs is 3. The van der Waals surface area contributed by atoms with Gasteiger partial charge >= 0.3 is 0 Å². The van der Waals surface area contributed by atoms with Crippen molar-refractivity contribution in [2.45, 2.75) is 6.61 Å². The first-order chi connectivity index (χ1) is 15.2. The lowest BCUT2D eigenvalue weighted by molar-refractivity contribution is 0.150. The number of hydrogen-bond donors (Lipinski definition) is 0. The molecule has 31 heavy (non-hydrogen) atoms. The molecule has 4 aromatic carbocycles. The lowest BCUT2D eigenvalue weighted by atomic mass is 9.91. The molecular weight excluding hydrogens is 384 g/mol. The van der Waals surface area contributed by atoms with Gasteiger partial charge in [0.1, 0.15) is 11.8 Å². The Bertz CT molecular complexity index is 1360. The lowest BCUT2D eigenvalue weighted by Gasteiger charge is -2.13. The van der Waals surface area contributed by atoms with Gasteiger partial charge in [-0.1, -0.05) is 54.6 Å². The Balaban J connectivity index is 1.61. The van der Waals surface area contributed by atoms with Gasteiger partial charge in [0.15, 0.2) is 0 Å². The second-order valence-electron chi connectivity index (χ2n) is 7.07. The van der Waals surface area contributed by atoms with Gasteiger partial charge in [-0.2, -0.15) is 10.5 Å². The fourth-order valence-corrected chi connectivity index (χ4v) is 3.74. The minimum atomic E-state index is 0.326. The molecule has 0 saturated heterocycles. The molecule has 4 nitrogen and oxygen atoms in total. The number of nitrogens with zero attached hydrogens (tertiary/aromatic N) is 2. The van der Waals surface area contributed by atoms with Crippen LogP contribution in [0.15, 0.2) is 72.8 Å². The minimum Gasteiger partial charge on any atom is -0.497 e. The van der Waals surface area contributed by atoms with Crippen LogP contribution in [0.25, 0.3) is 27.6 Å². The van der Waals surface area contributed by atoms with E-state index in [1.54, 1.807) is 13.2 Å². The molecule has 0 amide bonds. The van der Waals surface area contributed by atoms with Crippen molar-refractivity contribution < 1.29 is 9.47 Å². The predicted molar refractivity (Wildman–Crippen MR) is 123 cm³/mol. The van der Waals surface area contributed by atoms with Gasteiger partial charge in [-0.15, -0.1) is 0 Å². The van der Waals surface area contributed by atoms with Gasteiger partial charge < -0.3 is 9.47 Å². The zero-order chi connectivity index (χ0) is 21.6. The minimum absolute atomic E-state index is 0.326. The molecule has 0 saturated carbocycles. The van der Waals surface area contributed by atoms with Crippen molar-refractivity contribution in [2.24, 2.45) is 0 Å². The number of hydrogen-bond acceptors (Lipinski definition) is 4. The highest BCUT2D eigenvalue weighted by Gasteiger charge is 2.14. The molecule has 4 heteroatoms. The van der Waals surface area contributed by atoms with Gasteiger partial charge in [0.05, 0.1) is 37.5 Å². The summed E-state index contributed by atoms with van der Waals surface area (Å²) in [7, 11) is 1.65. The monoisotopic (exact) mass is 404 g/mol. The molecule has 4 aromatic rings. The van der Waals surface area contributed by atoms with Crippen molar-refractivity contribution >= 4 is 27.6 Å². The highest BCUT2D eigenvalue weighted by Crippen LogP contribution is 2.33. The molecule has 0 heterocycles. The van der Waals surface area contributed by atoms with Crippen LogP contribution in [0.2, 0.25) is 0 Å². The number of ether oxygens (including phenoxy) is 2. The highest BCUT2D eigenvalue weighted by molar-refractivity contribution is 6.12. The first kappa shape index (κ1) is 20.2. The maximum Gasteiger partial charge on any atom is 0.118 e. The second kappa shape index (κ2) is 9.13. The van der Waals surface area contributed by atoms with E-state index in [9.17, 15) is 10.5 Å². The summed E-state index contributed by atoms with van der Waals surface area (Å²) in [5.74, 6) is 0.822. The van der Waals surface area contributed by atoms with E-state index in [0.717, 1.165) is 38.4 Å². The van der Waals surface area contributed by atoms with E-state index < -0.39 is 0 Å². The van der Waals surface area contributed by atoms with Gasteiger partial charge in [-0.05, 0) is 46.0 Å². The van der Waals surface area contributed by atoms with Crippen LogP contribution in [-0.4, -0.2) is 13.7 Å². The average Bonchev–Trinajstić information content (AvgIpc) is 2.83. The molecule has 4 rings (SSSR count). The molecule has 0 aromatic heterocycles. The Morgan fingerprint density at radius 1 is 0.839 bits per heavy atom. The Kier molecular flexibility index (Phi) is 5.94. The van der Waals surface area contributed by atoms with Gasteiger partial charge in [-0.3, -0.25) is 0 Å².